The van der Waals surface area contributed by atoms with Gasteiger partial charge in [-0.1, -0.05) is 0 Å². The van der Waals surface area contributed by atoms with Crippen LogP contribution in [0.3, 0.4) is 0 Å². The van der Waals surface area contributed by atoms with Gasteiger partial charge < -0.3 is 10.6 Å². The van der Waals surface area contributed by atoms with E-state index < -0.39 is 17.7 Å². The molecule has 5 heteroatoms. The van der Waals surface area contributed by atoms with Gasteiger partial charge >= 0.3 is 6.03 Å². The third kappa shape index (κ3) is 1.30. The molecule has 0 atom stereocenters. The summed E-state index contributed by atoms with van der Waals surface area (Å²) in [5.41, 5.74) is 6.28. The summed E-state index contributed by atoms with van der Waals surface area (Å²) in [4.78, 5) is 12.1. The van der Waals surface area contributed by atoms with Crippen LogP contribution in [-0.4, -0.2) is 10.9 Å². The van der Waals surface area contributed by atoms with Crippen molar-refractivity contribution in [1.82, 2.24) is 4.90 Å². The van der Waals surface area contributed by atoms with Crippen LogP contribution >= 0.6 is 0 Å². The molecule has 1 aromatic carbocycles. The maximum atomic E-state index is 12.8. The molecule has 0 saturated heterocycles. The van der Waals surface area contributed by atoms with Crippen LogP contribution in [0.1, 0.15) is 11.1 Å². The zero-order chi connectivity index (χ0) is 10.3. The maximum absolute atomic E-state index is 12.8. The van der Waals surface area contributed by atoms with Crippen LogP contribution in [0.5, 0.6) is 0 Å². The second-order valence-corrected chi connectivity index (χ2v) is 3.23. The van der Waals surface area contributed by atoms with E-state index in [4.69, 9.17) is 5.73 Å². The molecule has 1 aromatic rings. The molecule has 0 radical (unpaired) electrons. The highest BCUT2D eigenvalue weighted by molar-refractivity contribution is 5.72. The van der Waals surface area contributed by atoms with E-state index in [1.165, 1.54) is 4.90 Å². The van der Waals surface area contributed by atoms with Crippen LogP contribution in [0.4, 0.5) is 13.6 Å². The molecule has 0 fully saturated rings. The Morgan fingerprint density at radius 2 is 1.64 bits per heavy atom. The van der Waals surface area contributed by atoms with E-state index in [1.807, 2.05) is 0 Å². The topological polar surface area (TPSA) is 46.3 Å². The van der Waals surface area contributed by atoms with E-state index in [0.29, 0.717) is 11.1 Å². The molecule has 14 heavy (non-hydrogen) atoms. The number of fused-ring (bicyclic) bond motifs is 1. The molecular weight excluding hydrogens is 190 g/mol. The summed E-state index contributed by atoms with van der Waals surface area (Å²) < 4.78 is 25.6. The van der Waals surface area contributed by atoms with Crippen LogP contribution in [0.15, 0.2) is 12.1 Å². The van der Waals surface area contributed by atoms with Gasteiger partial charge in [0.2, 0.25) is 0 Å². The van der Waals surface area contributed by atoms with Crippen LogP contribution in [0, 0.1) is 11.6 Å². The first-order valence-electron chi connectivity index (χ1n) is 4.09. The highest BCUT2D eigenvalue weighted by Gasteiger charge is 2.23. The number of hydrogen-bond donors (Lipinski definition) is 1. The molecule has 0 saturated carbocycles. The lowest BCUT2D eigenvalue weighted by atomic mass is 10.1. The van der Waals surface area contributed by atoms with Crippen LogP contribution in [0.2, 0.25) is 0 Å². The second kappa shape index (κ2) is 2.94. The van der Waals surface area contributed by atoms with Gasteiger partial charge in [-0.2, -0.15) is 0 Å². The summed E-state index contributed by atoms with van der Waals surface area (Å²) in [6.45, 7) is 0.504. The summed E-state index contributed by atoms with van der Waals surface area (Å²) in [5, 5.41) is 0. The predicted molar refractivity (Wildman–Crippen MR) is 45.2 cm³/mol. The molecule has 2 amide bonds. The van der Waals surface area contributed by atoms with Gasteiger partial charge in [-0.15, -0.1) is 0 Å². The molecule has 74 valence electrons. The third-order valence-corrected chi connectivity index (χ3v) is 2.28. The smallest absolute Gasteiger partial charge is 0.315 e. The van der Waals surface area contributed by atoms with Crippen molar-refractivity contribution in [3.8, 4) is 0 Å². The van der Waals surface area contributed by atoms with Gasteiger partial charge in [0.1, 0.15) is 0 Å². The van der Waals surface area contributed by atoms with Crippen molar-refractivity contribution in [3.05, 3.63) is 34.9 Å². The minimum absolute atomic E-state index is 0.252. The Labute approximate surface area is 79.1 Å². The average molecular weight is 198 g/mol. The second-order valence-electron chi connectivity index (χ2n) is 3.23. The standard InChI is InChI=1S/C9H8F2N2O/c10-7-1-5-3-13(9(12)14)4-6(5)2-8(7)11/h1-2H,3-4H2,(H2,12,14). The average Bonchev–Trinajstić information content (AvgIpc) is 2.48. The lowest BCUT2D eigenvalue weighted by Gasteiger charge is -2.10. The van der Waals surface area contributed by atoms with Gasteiger partial charge in [-0.05, 0) is 23.3 Å². The lowest BCUT2D eigenvalue weighted by Crippen LogP contribution is -2.30. The molecule has 1 aliphatic heterocycles. The minimum atomic E-state index is -0.893. The number of nitrogens with two attached hydrogens (primary N) is 1. The van der Waals surface area contributed by atoms with E-state index in [1.54, 1.807) is 0 Å². The van der Waals surface area contributed by atoms with Gasteiger partial charge in [0.15, 0.2) is 11.6 Å². The maximum Gasteiger partial charge on any atom is 0.315 e. The van der Waals surface area contributed by atoms with Crippen molar-refractivity contribution in [2.45, 2.75) is 13.1 Å². The van der Waals surface area contributed by atoms with Gasteiger partial charge in [0.05, 0.1) is 0 Å². The summed E-state index contributed by atoms with van der Waals surface area (Å²) in [6, 6.07) is 1.63. The molecule has 1 aliphatic rings. The summed E-state index contributed by atoms with van der Waals surface area (Å²) >= 11 is 0. The first-order valence-corrected chi connectivity index (χ1v) is 4.09. The van der Waals surface area contributed by atoms with Gasteiger partial charge in [-0.3, -0.25) is 0 Å². The fourth-order valence-corrected chi connectivity index (χ4v) is 1.55. The van der Waals surface area contributed by atoms with Crippen molar-refractivity contribution in [2.75, 3.05) is 0 Å². The zero-order valence-electron chi connectivity index (χ0n) is 7.26. The Bertz CT molecular complexity index is 375. The number of amides is 2. The molecule has 2 rings (SSSR count). The monoisotopic (exact) mass is 198 g/mol. The first kappa shape index (κ1) is 8.93. The molecule has 0 aromatic heterocycles. The number of nitrogens with zero attached hydrogens (tertiary/aromatic N) is 1. The number of rotatable bonds is 0. The number of carbonyl (C=O) groups is 1. The predicted octanol–water partition coefficient (Wildman–Crippen LogP) is 1.36. The van der Waals surface area contributed by atoms with E-state index in [2.05, 4.69) is 0 Å². The Balaban J connectivity index is 2.36. The van der Waals surface area contributed by atoms with Gasteiger partial charge in [-0.25, -0.2) is 13.6 Å². The van der Waals surface area contributed by atoms with Gasteiger partial charge in [0, 0.05) is 13.1 Å². The Morgan fingerprint density at radius 1 is 1.21 bits per heavy atom. The fraction of sp³-hybridized carbons (Fsp3) is 0.222. The number of halogens is 2. The largest absolute Gasteiger partial charge is 0.351 e. The molecule has 2 N–H and O–H groups in total. The quantitative estimate of drug-likeness (QED) is 0.672. The first-order chi connectivity index (χ1) is 6.58. The van der Waals surface area contributed by atoms with E-state index in [-0.39, 0.29) is 13.1 Å². The third-order valence-electron chi connectivity index (χ3n) is 2.28. The zero-order valence-corrected chi connectivity index (χ0v) is 7.26. The van der Waals surface area contributed by atoms with E-state index in [9.17, 15) is 13.6 Å². The van der Waals surface area contributed by atoms with Crippen molar-refractivity contribution in [2.24, 2.45) is 5.73 Å². The molecule has 0 bridgehead atoms. The molecule has 0 spiro atoms. The Kier molecular flexibility index (Phi) is 1.87. The normalized spacial score (nSPS) is 14.3. The van der Waals surface area contributed by atoms with Gasteiger partial charge in [0.25, 0.3) is 0 Å². The van der Waals surface area contributed by atoms with Crippen LogP contribution < -0.4 is 5.73 Å². The number of hydrogen-bond acceptors (Lipinski definition) is 1. The van der Waals surface area contributed by atoms with E-state index in [0.717, 1.165) is 12.1 Å². The van der Waals surface area contributed by atoms with Crippen LogP contribution in [-0.2, 0) is 13.1 Å². The van der Waals surface area contributed by atoms with Crippen molar-refractivity contribution in [3.63, 3.8) is 0 Å². The molecular formula is C9H8F2N2O. The number of benzene rings is 1. The lowest BCUT2D eigenvalue weighted by molar-refractivity contribution is 0.208. The highest BCUT2D eigenvalue weighted by Crippen LogP contribution is 2.24. The van der Waals surface area contributed by atoms with Crippen molar-refractivity contribution in [1.29, 1.82) is 0 Å². The fourth-order valence-electron chi connectivity index (χ4n) is 1.55. The SMILES string of the molecule is NC(=O)N1Cc2cc(F)c(F)cc2C1. The van der Waals surface area contributed by atoms with E-state index >= 15 is 0 Å². The molecule has 3 nitrogen and oxygen atoms in total. The number of urea groups is 1. The summed E-state index contributed by atoms with van der Waals surface area (Å²) in [6.07, 6.45) is 0. The molecule has 0 aliphatic carbocycles. The highest BCUT2D eigenvalue weighted by atomic mass is 19.2. The number of primary amides is 1. The van der Waals surface area contributed by atoms with Crippen molar-refractivity contribution >= 4 is 6.03 Å². The summed E-state index contributed by atoms with van der Waals surface area (Å²) in [5.74, 6) is -1.79. The van der Waals surface area contributed by atoms with Crippen molar-refractivity contribution < 1.29 is 13.6 Å². The Hall–Kier alpha value is -1.65. The number of carbonyl (C=O) groups excluding carboxylic acids is 1. The minimum Gasteiger partial charge on any atom is -0.351 e. The molecule has 1 heterocycles. The Morgan fingerprint density at radius 3 is 2.00 bits per heavy atom. The summed E-state index contributed by atoms with van der Waals surface area (Å²) in [7, 11) is 0. The molecule has 0 unspecified atom stereocenters. The van der Waals surface area contributed by atoms with Crippen LogP contribution in [0.25, 0.3) is 0 Å².